The Kier molecular flexibility index (Phi) is 11.6. The van der Waals surface area contributed by atoms with Crippen LogP contribution in [0.4, 0.5) is 51.2 Å². The molecule has 16 rings (SSSR count). The minimum Gasteiger partial charge on any atom is -0.309 e. The van der Waals surface area contributed by atoms with Crippen molar-refractivity contribution in [2.75, 3.05) is 14.7 Å². The van der Waals surface area contributed by atoms with Gasteiger partial charge in [0.25, 0.3) is 0 Å². The van der Waals surface area contributed by atoms with E-state index in [9.17, 15) is 0 Å². The molecule has 1 aliphatic carbocycles. The molecule has 85 heavy (non-hydrogen) atoms. The third-order valence-corrected chi connectivity index (χ3v) is 18.4. The smallest absolute Gasteiger partial charge is 0.0621 e. The van der Waals surface area contributed by atoms with Crippen molar-refractivity contribution in [3.63, 3.8) is 0 Å². The summed E-state index contributed by atoms with van der Waals surface area (Å²) in [7, 11) is 0. The Morgan fingerprint density at radius 2 is 0.588 bits per heavy atom. The van der Waals surface area contributed by atoms with Crippen LogP contribution in [-0.2, 0) is 5.41 Å². The fourth-order valence-corrected chi connectivity index (χ4v) is 14.1. The molecule has 3 nitrogen and oxygen atoms in total. The Bertz CT molecular complexity index is 5030. The molecule has 0 fully saturated rings. The van der Waals surface area contributed by atoms with Crippen LogP contribution in [0.2, 0.25) is 0 Å². The fourth-order valence-electron chi connectivity index (χ4n) is 14.1. The van der Waals surface area contributed by atoms with Gasteiger partial charge in [0.15, 0.2) is 0 Å². The predicted molar refractivity (Wildman–Crippen MR) is 366 cm³/mol. The Hall–Kier alpha value is -10.7. The van der Waals surface area contributed by atoms with Crippen LogP contribution in [0.15, 0.2) is 303 Å². The highest BCUT2D eigenvalue weighted by Gasteiger charge is 2.37. The third kappa shape index (κ3) is 7.81. The topological polar surface area (TPSA) is 9.72 Å². The van der Waals surface area contributed by atoms with Gasteiger partial charge in [-0.3, -0.25) is 0 Å². The summed E-state index contributed by atoms with van der Waals surface area (Å²) in [5.74, 6) is 0. The minimum absolute atomic E-state index is 0.296. The zero-order chi connectivity index (χ0) is 56.9. The van der Waals surface area contributed by atoms with Crippen LogP contribution in [0.25, 0.3) is 91.8 Å². The van der Waals surface area contributed by atoms with Crippen LogP contribution in [0.1, 0.15) is 31.9 Å². The quantitative estimate of drug-likeness (QED) is 0.0998. The van der Waals surface area contributed by atoms with Crippen molar-refractivity contribution < 1.29 is 0 Å². The molecule has 0 N–H and O–H groups in total. The normalized spacial score (nSPS) is 13.0. The molecule has 0 radical (unpaired) electrons. The van der Waals surface area contributed by atoms with Crippen molar-refractivity contribution in [2.24, 2.45) is 0 Å². The number of fused-ring (bicyclic) bond motifs is 9. The molecule has 15 aromatic rings. The molecule has 0 saturated carbocycles. The van der Waals surface area contributed by atoms with Gasteiger partial charge in [-0.2, -0.15) is 0 Å². The predicted octanol–water partition coefficient (Wildman–Crippen LogP) is 23.6. The molecule has 0 unspecified atom stereocenters. The number of hydrogen-bond donors (Lipinski definition) is 0. The summed E-state index contributed by atoms with van der Waals surface area (Å²) >= 11 is 0. The van der Waals surface area contributed by atoms with E-state index in [1.807, 2.05) is 0 Å². The lowest BCUT2D eigenvalue weighted by Crippen LogP contribution is -2.18. The summed E-state index contributed by atoms with van der Waals surface area (Å²) in [6, 6.07) is 106. The minimum atomic E-state index is -0.296. The van der Waals surface area contributed by atoms with E-state index in [-0.39, 0.29) is 5.41 Å². The Morgan fingerprint density at radius 3 is 0.941 bits per heavy atom. The van der Waals surface area contributed by atoms with Crippen LogP contribution in [-0.4, -0.2) is 0 Å². The van der Waals surface area contributed by atoms with E-state index in [2.05, 4.69) is 333 Å². The maximum absolute atomic E-state index is 4.54. The third-order valence-electron chi connectivity index (χ3n) is 18.4. The Morgan fingerprint density at radius 1 is 0.294 bits per heavy atom. The lowest BCUT2D eigenvalue weighted by Gasteiger charge is -2.36. The molecule has 3 heteroatoms. The van der Waals surface area contributed by atoms with Crippen LogP contribution >= 0.6 is 0 Å². The molecule has 0 bridgehead atoms. The van der Waals surface area contributed by atoms with Gasteiger partial charge in [-0.15, -0.1) is 0 Å². The summed E-state index contributed by atoms with van der Waals surface area (Å²) < 4.78 is 0. The van der Waals surface area contributed by atoms with E-state index in [1.54, 1.807) is 0 Å². The number of allylic oxidation sites excluding steroid dienone is 3. The Balaban J connectivity index is 1.16. The number of nitrogens with zero attached hydrogens (tertiary/aromatic N) is 3. The van der Waals surface area contributed by atoms with Gasteiger partial charge < -0.3 is 14.7 Å². The van der Waals surface area contributed by atoms with E-state index in [0.29, 0.717) is 0 Å². The van der Waals surface area contributed by atoms with Gasteiger partial charge in [0, 0.05) is 65.0 Å². The second-order valence-electron chi connectivity index (χ2n) is 23.2. The van der Waals surface area contributed by atoms with Crippen molar-refractivity contribution in [1.82, 2.24) is 0 Å². The zero-order valence-electron chi connectivity index (χ0n) is 47.8. The Labute approximate surface area is 495 Å². The molecular formula is C82H59N3. The summed E-state index contributed by atoms with van der Waals surface area (Å²) in [5, 5.41) is 18.5. The SMILES string of the molecule is C=CC1=C(C)C(C)(C)c2cc3c(N(c4cccc5ccccc45)c4cccc5ccccc45)c4ccc(N(c5cccc6ccccc56)c5cccc6ccccc56)cc4c(N(c4cccc5ccccc45)c4cccc5ccccc45)c3cc21. The first-order valence-electron chi connectivity index (χ1n) is 29.5. The van der Waals surface area contributed by atoms with Crippen molar-refractivity contribution in [3.05, 3.63) is 314 Å². The zero-order valence-corrected chi connectivity index (χ0v) is 47.8. The second kappa shape index (κ2) is 19.7. The van der Waals surface area contributed by atoms with Gasteiger partial charge in [0.1, 0.15) is 0 Å². The molecule has 402 valence electrons. The van der Waals surface area contributed by atoms with Crippen molar-refractivity contribution >= 4 is 143 Å². The number of anilines is 9. The number of hydrogen-bond acceptors (Lipinski definition) is 3. The first kappa shape index (κ1) is 50.0. The number of benzene rings is 15. The van der Waals surface area contributed by atoms with Crippen LogP contribution in [0, 0.1) is 0 Å². The van der Waals surface area contributed by atoms with Crippen LogP contribution in [0.3, 0.4) is 0 Å². The standard InChI is InChI=1S/C82H59N3/c1-5-61-53(2)82(3,4)73-52-72-71(51-69(61)73)81(85(78-46-22-34-58-28-10-16-40-66(58)78)79-47-23-35-59-29-11-17-41-67(59)79)70-50-60(83(74-42-18-30-54-24-6-12-36-62(54)74)75-43-19-31-55-25-7-13-37-63(55)75)48-49-68(70)80(72)84(76-44-20-32-56-26-8-14-38-64(56)76)77-45-21-33-57-27-9-15-39-65(57)77/h5-52H,1H2,2-4H3. The van der Waals surface area contributed by atoms with Crippen molar-refractivity contribution in [1.29, 1.82) is 0 Å². The van der Waals surface area contributed by atoms with E-state index in [0.717, 1.165) is 83.5 Å². The maximum atomic E-state index is 4.54. The van der Waals surface area contributed by atoms with Crippen molar-refractivity contribution in [3.8, 4) is 0 Å². The molecule has 0 amide bonds. The average Bonchev–Trinajstić information content (AvgIpc) is 1.88. The molecule has 0 spiro atoms. The molecule has 1 aliphatic rings. The van der Waals surface area contributed by atoms with Gasteiger partial charge in [-0.1, -0.05) is 257 Å². The molecule has 0 aliphatic heterocycles. The first-order chi connectivity index (χ1) is 41.8. The number of rotatable bonds is 10. The summed E-state index contributed by atoms with van der Waals surface area (Å²) in [6.45, 7) is 11.6. The van der Waals surface area contributed by atoms with Gasteiger partial charge in [-0.25, -0.2) is 0 Å². The molecule has 0 saturated heterocycles. The van der Waals surface area contributed by atoms with E-state index >= 15 is 0 Å². The van der Waals surface area contributed by atoms with Crippen LogP contribution in [0.5, 0.6) is 0 Å². The van der Waals surface area contributed by atoms with Gasteiger partial charge in [-0.05, 0) is 117 Å². The maximum Gasteiger partial charge on any atom is 0.0621 e. The molecule has 0 aromatic heterocycles. The highest BCUT2D eigenvalue weighted by molar-refractivity contribution is 6.27. The largest absolute Gasteiger partial charge is 0.309 e. The van der Waals surface area contributed by atoms with E-state index < -0.39 is 0 Å². The highest BCUT2D eigenvalue weighted by Crippen LogP contribution is 2.58. The van der Waals surface area contributed by atoms with Crippen LogP contribution < -0.4 is 14.7 Å². The monoisotopic (exact) mass is 1090 g/mol. The molecule has 0 heterocycles. The first-order valence-corrected chi connectivity index (χ1v) is 29.5. The van der Waals surface area contributed by atoms with E-state index in [1.165, 1.54) is 76.1 Å². The molecule has 15 aromatic carbocycles. The summed E-state index contributed by atoms with van der Waals surface area (Å²) in [4.78, 5) is 7.73. The fraction of sp³-hybridized carbons (Fsp3) is 0.0488. The van der Waals surface area contributed by atoms with Crippen molar-refractivity contribution in [2.45, 2.75) is 26.2 Å². The van der Waals surface area contributed by atoms with Gasteiger partial charge >= 0.3 is 0 Å². The van der Waals surface area contributed by atoms with Gasteiger partial charge in [0.05, 0.1) is 45.5 Å². The molecular weight excluding hydrogens is 1030 g/mol. The molecule has 0 atom stereocenters. The summed E-state index contributed by atoms with van der Waals surface area (Å²) in [5.41, 5.74) is 14.5. The second-order valence-corrected chi connectivity index (χ2v) is 23.2. The average molecular weight is 1090 g/mol. The van der Waals surface area contributed by atoms with E-state index in [4.69, 9.17) is 0 Å². The summed E-state index contributed by atoms with van der Waals surface area (Å²) in [6.07, 6.45) is 2.09. The van der Waals surface area contributed by atoms with Gasteiger partial charge in [0.2, 0.25) is 0 Å². The lowest BCUT2D eigenvalue weighted by atomic mass is 9.80. The highest BCUT2D eigenvalue weighted by atomic mass is 15.2. The lowest BCUT2D eigenvalue weighted by molar-refractivity contribution is 0.640.